The highest BCUT2D eigenvalue weighted by molar-refractivity contribution is 5.76. The Morgan fingerprint density at radius 2 is 2.16 bits per heavy atom. The van der Waals surface area contributed by atoms with Gasteiger partial charge < -0.3 is 16.0 Å². The molecule has 0 radical (unpaired) electrons. The van der Waals surface area contributed by atoms with Crippen molar-refractivity contribution in [1.29, 1.82) is 0 Å². The normalized spacial score (nSPS) is 31.0. The molecule has 3 N–H and O–H groups in total. The predicted octanol–water partition coefficient (Wildman–Crippen LogP) is 2.48. The smallest absolute Gasteiger partial charge is 0.318 e. The van der Waals surface area contributed by atoms with E-state index in [1.165, 1.54) is 12.8 Å². The van der Waals surface area contributed by atoms with E-state index in [-0.39, 0.29) is 11.6 Å². The largest absolute Gasteiger partial charge is 0.335 e. The summed E-state index contributed by atoms with van der Waals surface area (Å²) in [5, 5.41) is 3.14. The number of carbonyl (C=O) groups excluding carboxylic acids is 1. The third-order valence-corrected chi connectivity index (χ3v) is 4.62. The molecule has 4 heteroatoms. The summed E-state index contributed by atoms with van der Waals surface area (Å²) >= 11 is 0. The summed E-state index contributed by atoms with van der Waals surface area (Å²) in [4.78, 5) is 14.6. The van der Waals surface area contributed by atoms with Crippen molar-refractivity contribution in [2.75, 3.05) is 13.1 Å². The predicted molar refractivity (Wildman–Crippen MR) is 78.0 cm³/mol. The van der Waals surface area contributed by atoms with E-state index in [2.05, 4.69) is 24.1 Å². The Balaban J connectivity index is 2.10. The topological polar surface area (TPSA) is 58.4 Å². The zero-order chi connectivity index (χ0) is 13.9. The van der Waals surface area contributed by atoms with Gasteiger partial charge in [0.05, 0.1) is 5.54 Å². The summed E-state index contributed by atoms with van der Waals surface area (Å²) in [5.41, 5.74) is 5.99. The summed E-state index contributed by atoms with van der Waals surface area (Å²) in [7, 11) is 0. The van der Waals surface area contributed by atoms with Crippen molar-refractivity contribution in [2.45, 2.75) is 70.4 Å². The standard InChI is InChI=1S/C15H29N3O/c1-3-9-18(14(19)17-13-6-7-13)15(11-16)8-4-5-12(2)10-15/h12-13H,3-11,16H2,1-2H3,(H,17,19). The molecule has 2 fully saturated rings. The number of carbonyl (C=O) groups is 1. The highest BCUT2D eigenvalue weighted by Gasteiger charge is 2.42. The van der Waals surface area contributed by atoms with Gasteiger partial charge in [-0.2, -0.15) is 0 Å². The van der Waals surface area contributed by atoms with E-state index in [9.17, 15) is 4.79 Å². The lowest BCUT2D eigenvalue weighted by Crippen LogP contribution is -2.61. The van der Waals surface area contributed by atoms with Crippen molar-refractivity contribution >= 4 is 6.03 Å². The van der Waals surface area contributed by atoms with Gasteiger partial charge in [-0.15, -0.1) is 0 Å². The maximum Gasteiger partial charge on any atom is 0.318 e. The van der Waals surface area contributed by atoms with Gasteiger partial charge in [0.25, 0.3) is 0 Å². The van der Waals surface area contributed by atoms with Crippen molar-refractivity contribution in [1.82, 2.24) is 10.2 Å². The summed E-state index contributed by atoms with van der Waals surface area (Å²) in [6.45, 7) is 5.83. The average molecular weight is 267 g/mol. The Labute approximate surface area is 117 Å². The fraction of sp³-hybridized carbons (Fsp3) is 0.933. The number of rotatable bonds is 5. The Bertz CT molecular complexity index is 317. The monoisotopic (exact) mass is 267 g/mol. The first-order chi connectivity index (χ1) is 9.11. The second-order valence-corrected chi connectivity index (χ2v) is 6.51. The molecule has 0 aromatic rings. The minimum absolute atomic E-state index is 0.105. The minimum Gasteiger partial charge on any atom is -0.335 e. The molecule has 2 unspecified atom stereocenters. The molecule has 4 nitrogen and oxygen atoms in total. The fourth-order valence-corrected chi connectivity index (χ4v) is 3.43. The van der Waals surface area contributed by atoms with Crippen LogP contribution in [0.15, 0.2) is 0 Å². The van der Waals surface area contributed by atoms with Crippen LogP contribution in [-0.2, 0) is 0 Å². The molecular formula is C15H29N3O. The number of nitrogens with one attached hydrogen (secondary N) is 1. The second-order valence-electron chi connectivity index (χ2n) is 6.51. The van der Waals surface area contributed by atoms with Crippen LogP contribution in [0.3, 0.4) is 0 Å². The Kier molecular flexibility index (Phi) is 4.71. The average Bonchev–Trinajstić information content (AvgIpc) is 3.19. The van der Waals surface area contributed by atoms with E-state index < -0.39 is 0 Å². The van der Waals surface area contributed by atoms with Crippen molar-refractivity contribution in [3.05, 3.63) is 0 Å². The Morgan fingerprint density at radius 1 is 1.42 bits per heavy atom. The van der Waals surface area contributed by atoms with Gasteiger partial charge in [-0.05, 0) is 38.0 Å². The maximum atomic E-state index is 12.5. The number of urea groups is 1. The van der Waals surface area contributed by atoms with Gasteiger partial charge >= 0.3 is 6.03 Å². The quantitative estimate of drug-likeness (QED) is 0.804. The molecule has 0 bridgehead atoms. The van der Waals surface area contributed by atoms with Crippen LogP contribution in [0.2, 0.25) is 0 Å². The Hall–Kier alpha value is -0.770. The molecule has 0 heterocycles. The number of hydrogen-bond acceptors (Lipinski definition) is 2. The van der Waals surface area contributed by atoms with Crippen molar-refractivity contribution in [2.24, 2.45) is 11.7 Å². The van der Waals surface area contributed by atoms with Crippen molar-refractivity contribution in [3.63, 3.8) is 0 Å². The van der Waals surface area contributed by atoms with Crippen LogP contribution in [0.5, 0.6) is 0 Å². The fourth-order valence-electron chi connectivity index (χ4n) is 3.43. The van der Waals surface area contributed by atoms with Crippen LogP contribution < -0.4 is 11.1 Å². The molecule has 2 amide bonds. The van der Waals surface area contributed by atoms with Crippen molar-refractivity contribution in [3.8, 4) is 0 Å². The molecule has 2 rings (SSSR count). The molecule has 0 aromatic heterocycles. The van der Waals surface area contributed by atoms with Crippen LogP contribution in [0.4, 0.5) is 4.79 Å². The van der Waals surface area contributed by atoms with Gasteiger partial charge in [-0.25, -0.2) is 4.79 Å². The van der Waals surface area contributed by atoms with E-state index in [4.69, 9.17) is 5.73 Å². The van der Waals surface area contributed by atoms with Gasteiger partial charge in [-0.3, -0.25) is 0 Å². The van der Waals surface area contributed by atoms with Gasteiger partial charge in [-0.1, -0.05) is 26.7 Å². The third kappa shape index (κ3) is 3.41. The zero-order valence-electron chi connectivity index (χ0n) is 12.5. The zero-order valence-corrected chi connectivity index (χ0v) is 12.5. The van der Waals surface area contributed by atoms with E-state index in [1.807, 2.05) is 0 Å². The van der Waals surface area contributed by atoms with E-state index in [1.54, 1.807) is 0 Å². The molecule has 0 saturated heterocycles. The first-order valence-electron chi connectivity index (χ1n) is 7.89. The number of amides is 2. The summed E-state index contributed by atoms with van der Waals surface area (Å²) in [6, 6.07) is 0.534. The van der Waals surface area contributed by atoms with Gasteiger partial charge in [0.2, 0.25) is 0 Å². The molecule has 0 aliphatic heterocycles. The minimum atomic E-state index is -0.105. The molecule has 0 spiro atoms. The Morgan fingerprint density at radius 3 is 2.68 bits per heavy atom. The van der Waals surface area contributed by atoms with E-state index in [0.29, 0.717) is 18.5 Å². The molecular weight excluding hydrogens is 238 g/mol. The second kappa shape index (κ2) is 6.12. The highest BCUT2D eigenvalue weighted by atomic mass is 16.2. The van der Waals surface area contributed by atoms with Crippen LogP contribution in [0.1, 0.15) is 58.8 Å². The van der Waals surface area contributed by atoms with E-state index in [0.717, 1.165) is 38.6 Å². The molecule has 2 atom stereocenters. The lowest BCUT2D eigenvalue weighted by Gasteiger charge is -2.47. The first kappa shape index (κ1) is 14.6. The van der Waals surface area contributed by atoms with E-state index >= 15 is 0 Å². The number of nitrogens with zero attached hydrogens (tertiary/aromatic N) is 1. The van der Waals surface area contributed by atoms with Crippen LogP contribution >= 0.6 is 0 Å². The van der Waals surface area contributed by atoms with Crippen LogP contribution in [0, 0.1) is 5.92 Å². The summed E-state index contributed by atoms with van der Waals surface area (Å²) in [6.07, 6.45) is 7.85. The van der Waals surface area contributed by atoms with Crippen LogP contribution in [-0.4, -0.2) is 35.6 Å². The van der Waals surface area contributed by atoms with Gasteiger partial charge in [0.15, 0.2) is 0 Å². The maximum absolute atomic E-state index is 12.5. The van der Waals surface area contributed by atoms with Crippen molar-refractivity contribution < 1.29 is 4.79 Å². The lowest BCUT2D eigenvalue weighted by atomic mass is 9.75. The lowest BCUT2D eigenvalue weighted by molar-refractivity contribution is 0.0657. The molecule has 2 saturated carbocycles. The molecule has 2 aliphatic rings. The highest BCUT2D eigenvalue weighted by Crippen LogP contribution is 2.36. The van der Waals surface area contributed by atoms with Gasteiger partial charge in [0, 0.05) is 19.1 Å². The third-order valence-electron chi connectivity index (χ3n) is 4.62. The van der Waals surface area contributed by atoms with Gasteiger partial charge in [0.1, 0.15) is 0 Å². The summed E-state index contributed by atoms with van der Waals surface area (Å²) in [5.74, 6) is 0.672. The SMILES string of the molecule is CCCN(C(=O)NC1CC1)C1(CN)CCCC(C)C1. The molecule has 2 aliphatic carbocycles. The molecule has 0 aromatic carbocycles. The van der Waals surface area contributed by atoms with Crippen LogP contribution in [0.25, 0.3) is 0 Å². The summed E-state index contributed by atoms with van der Waals surface area (Å²) < 4.78 is 0. The number of nitrogens with two attached hydrogens (primary N) is 1. The number of hydrogen-bond donors (Lipinski definition) is 2. The molecule has 19 heavy (non-hydrogen) atoms. The first-order valence-corrected chi connectivity index (χ1v) is 7.89. The molecule has 110 valence electrons.